The summed E-state index contributed by atoms with van der Waals surface area (Å²) in [5, 5.41) is 10.3. The lowest BCUT2D eigenvalue weighted by Crippen LogP contribution is -2.39. The molecule has 110 valence electrons. The second-order valence-corrected chi connectivity index (χ2v) is 6.08. The number of aromatic hydroxyl groups is 1. The molecule has 1 atom stereocenters. The first-order valence-corrected chi connectivity index (χ1v) is 7.90. The zero-order chi connectivity index (χ0) is 14.7. The van der Waals surface area contributed by atoms with E-state index in [4.69, 9.17) is 4.74 Å². The standard InChI is InChI=1S/C17H18BrNO2/c18-14-7-5-13(6-8-14)17(19-9-11-21-12-10-19)15-3-1-2-4-16(15)20/h1-8,17,20H,9-12H2. The van der Waals surface area contributed by atoms with E-state index in [0.717, 1.165) is 36.3 Å². The van der Waals surface area contributed by atoms with Crippen LogP contribution in [0.1, 0.15) is 17.2 Å². The summed E-state index contributed by atoms with van der Waals surface area (Å²) in [6.45, 7) is 3.21. The van der Waals surface area contributed by atoms with E-state index in [1.54, 1.807) is 6.07 Å². The van der Waals surface area contributed by atoms with Gasteiger partial charge in [0, 0.05) is 23.1 Å². The van der Waals surface area contributed by atoms with Gasteiger partial charge in [0.2, 0.25) is 0 Å². The molecule has 1 fully saturated rings. The van der Waals surface area contributed by atoms with Crippen LogP contribution in [0.25, 0.3) is 0 Å². The number of hydrogen-bond acceptors (Lipinski definition) is 3. The first-order valence-electron chi connectivity index (χ1n) is 7.11. The van der Waals surface area contributed by atoms with Crippen molar-refractivity contribution in [2.24, 2.45) is 0 Å². The van der Waals surface area contributed by atoms with E-state index in [1.165, 1.54) is 5.56 Å². The van der Waals surface area contributed by atoms with Gasteiger partial charge in [-0.2, -0.15) is 0 Å². The normalized spacial score (nSPS) is 17.6. The fourth-order valence-electron chi connectivity index (χ4n) is 2.79. The Morgan fingerprint density at radius 2 is 1.67 bits per heavy atom. The monoisotopic (exact) mass is 347 g/mol. The molecule has 21 heavy (non-hydrogen) atoms. The number of para-hydroxylation sites is 1. The number of hydrogen-bond donors (Lipinski definition) is 1. The Morgan fingerprint density at radius 3 is 2.33 bits per heavy atom. The highest BCUT2D eigenvalue weighted by atomic mass is 79.9. The molecule has 3 nitrogen and oxygen atoms in total. The number of morpholine rings is 1. The minimum absolute atomic E-state index is 0.0585. The van der Waals surface area contributed by atoms with Crippen molar-refractivity contribution in [2.45, 2.75) is 6.04 Å². The van der Waals surface area contributed by atoms with Crippen LogP contribution in [-0.2, 0) is 4.74 Å². The van der Waals surface area contributed by atoms with Crippen LogP contribution in [0.4, 0.5) is 0 Å². The quantitative estimate of drug-likeness (QED) is 0.920. The Bertz CT molecular complexity index is 594. The molecule has 1 aliphatic rings. The van der Waals surface area contributed by atoms with Crippen LogP contribution in [-0.4, -0.2) is 36.3 Å². The summed E-state index contributed by atoms with van der Waals surface area (Å²) in [5.74, 6) is 0.344. The van der Waals surface area contributed by atoms with Gasteiger partial charge in [-0.25, -0.2) is 0 Å². The van der Waals surface area contributed by atoms with Gasteiger partial charge in [-0.3, -0.25) is 4.90 Å². The highest BCUT2D eigenvalue weighted by Crippen LogP contribution is 2.34. The van der Waals surface area contributed by atoms with Crippen molar-refractivity contribution in [3.05, 3.63) is 64.1 Å². The zero-order valence-electron chi connectivity index (χ0n) is 11.7. The second-order valence-electron chi connectivity index (χ2n) is 5.16. The van der Waals surface area contributed by atoms with Crippen molar-refractivity contribution in [3.8, 4) is 5.75 Å². The fourth-order valence-corrected chi connectivity index (χ4v) is 3.05. The first kappa shape index (κ1) is 14.6. The minimum atomic E-state index is 0.0585. The van der Waals surface area contributed by atoms with Crippen LogP contribution in [0.15, 0.2) is 53.0 Å². The lowest BCUT2D eigenvalue weighted by Gasteiger charge is -2.35. The van der Waals surface area contributed by atoms with Gasteiger partial charge < -0.3 is 9.84 Å². The van der Waals surface area contributed by atoms with Gasteiger partial charge in [0.25, 0.3) is 0 Å². The minimum Gasteiger partial charge on any atom is -0.508 e. The van der Waals surface area contributed by atoms with Crippen molar-refractivity contribution >= 4 is 15.9 Å². The molecule has 0 saturated carbocycles. The maximum absolute atomic E-state index is 10.3. The lowest BCUT2D eigenvalue weighted by molar-refractivity contribution is 0.0235. The Morgan fingerprint density at radius 1 is 1.00 bits per heavy atom. The van der Waals surface area contributed by atoms with Crippen molar-refractivity contribution in [1.29, 1.82) is 0 Å². The first-order chi connectivity index (χ1) is 10.3. The Kier molecular flexibility index (Phi) is 4.58. The third-order valence-corrected chi connectivity index (χ3v) is 4.36. The zero-order valence-corrected chi connectivity index (χ0v) is 13.3. The van der Waals surface area contributed by atoms with Crippen molar-refractivity contribution in [1.82, 2.24) is 4.90 Å². The van der Waals surface area contributed by atoms with Gasteiger partial charge in [0.15, 0.2) is 0 Å². The SMILES string of the molecule is Oc1ccccc1C(c1ccc(Br)cc1)N1CCOCC1. The topological polar surface area (TPSA) is 32.7 Å². The van der Waals surface area contributed by atoms with Crippen molar-refractivity contribution in [3.63, 3.8) is 0 Å². The number of ether oxygens (including phenoxy) is 1. The maximum atomic E-state index is 10.3. The van der Waals surface area contributed by atoms with Crippen molar-refractivity contribution in [2.75, 3.05) is 26.3 Å². The molecule has 0 aromatic heterocycles. The summed E-state index contributed by atoms with van der Waals surface area (Å²) in [7, 11) is 0. The molecule has 1 unspecified atom stereocenters. The van der Waals surface area contributed by atoms with Gasteiger partial charge in [-0.05, 0) is 23.8 Å². The molecule has 0 amide bonds. The van der Waals surface area contributed by atoms with Crippen LogP contribution in [0.5, 0.6) is 5.75 Å². The number of phenols is 1. The van der Waals surface area contributed by atoms with E-state index < -0.39 is 0 Å². The molecular formula is C17H18BrNO2. The predicted molar refractivity (Wildman–Crippen MR) is 86.5 cm³/mol. The van der Waals surface area contributed by atoms with Crippen LogP contribution >= 0.6 is 15.9 Å². The predicted octanol–water partition coefficient (Wildman–Crippen LogP) is 3.58. The Labute approximate surface area is 133 Å². The third-order valence-electron chi connectivity index (χ3n) is 3.83. The van der Waals surface area contributed by atoms with Gasteiger partial charge in [0.1, 0.15) is 5.75 Å². The van der Waals surface area contributed by atoms with Gasteiger partial charge in [-0.1, -0.05) is 46.3 Å². The number of halogens is 1. The molecule has 1 aliphatic heterocycles. The van der Waals surface area contributed by atoms with Crippen LogP contribution in [0, 0.1) is 0 Å². The van der Waals surface area contributed by atoms with E-state index in [1.807, 2.05) is 30.3 Å². The Hall–Kier alpha value is -1.36. The summed E-state index contributed by atoms with van der Waals surface area (Å²) in [4.78, 5) is 2.36. The molecule has 0 radical (unpaired) electrons. The number of rotatable bonds is 3. The smallest absolute Gasteiger partial charge is 0.120 e. The van der Waals surface area contributed by atoms with Gasteiger partial charge in [0.05, 0.1) is 19.3 Å². The van der Waals surface area contributed by atoms with Gasteiger partial charge >= 0.3 is 0 Å². The summed E-state index contributed by atoms with van der Waals surface area (Å²) in [6, 6.07) is 15.9. The number of benzene rings is 2. The van der Waals surface area contributed by atoms with E-state index in [-0.39, 0.29) is 6.04 Å². The molecule has 0 spiro atoms. The fraction of sp³-hybridized carbons (Fsp3) is 0.294. The molecule has 0 bridgehead atoms. The molecule has 2 aromatic rings. The van der Waals surface area contributed by atoms with E-state index in [9.17, 15) is 5.11 Å². The highest BCUT2D eigenvalue weighted by molar-refractivity contribution is 9.10. The molecule has 1 saturated heterocycles. The van der Waals surface area contributed by atoms with Crippen LogP contribution < -0.4 is 0 Å². The van der Waals surface area contributed by atoms with Crippen molar-refractivity contribution < 1.29 is 9.84 Å². The molecule has 4 heteroatoms. The summed E-state index contributed by atoms with van der Waals surface area (Å²) in [5.41, 5.74) is 2.13. The van der Waals surface area contributed by atoms with Crippen LogP contribution in [0.2, 0.25) is 0 Å². The van der Waals surface area contributed by atoms with Gasteiger partial charge in [-0.15, -0.1) is 0 Å². The molecule has 0 aliphatic carbocycles. The van der Waals surface area contributed by atoms with E-state index >= 15 is 0 Å². The average Bonchev–Trinajstić information content (AvgIpc) is 2.52. The Balaban J connectivity index is 2.01. The number of nitrogens with zero attached hydrogens (tertiary/aromatic N) is 1. The van der Waals surface area contributed by atoms with E-state index in [2.05, 4.69) is 33.0 Å². The third kappa shape index (κ3) is 3.28. The second kappa shape index (κ2) is 6.60. The molecule has 2 aromatic carbocycles. The molecule has 1 heterocycles. The molecule has 1 N–H and O–H groups in total. The summed E-state index contributed by atoms with van der Waals surface area (Å²) in [6.07, 6.45) is 0. The van der Waals surface area contributed by atoms with Crippen LogP contribution in [0.3, 0.4) is 0 Å². The average molecular weight is 348 g/mol. The number of phenolic OH excluding ortho intramolecular Hbond substituents is 1. The summed E-state index contributed by atoms with van der Waals surface area (Å²) < 4.78 is 6.52. The highest BCUT2D eigenvalue weighted by Gasteiger charge is 2.26. The molecular weight excluding hydrogens is 330 g/mol. The maximum Gasteiger partial charge on any atom is 0.120 e. The molecule has 3 rings (SSSR count). The summed E-state index contributed by atoms with van der Waals surface area (Å²) >= 11 is 3.48. The largest absolute Gasteiger partial charge is 0.508 e. The lowest BCUT2D eigenvalue weighted by atomic mass is 9.96. The van der Waals surface area contributed by atoms with E-state index in [0.29, 0.717) is 5.75 Å².